The lowest BCUT2D eigenvalue weighted by Crippen LogP contribution is -2.15. The van der Waals surface area contributed by atoms with Gasteiger partial charge in [0.05, 0.1) is 12.2 Å². The van der Waals surface area contributed by atoms with Crippen LogP contribution >= 0.6 is 0 Å². The predicted octanol–water partition coefficient (Wildman–Crippen LogP) is 1.61. The number of aliphatic hydroxyl groups excluding tert-OH is 1. The Hall–Kier alpha value is -2.01. The van der Waals surface area contributed by atoms with Crippen molar-refractivity contribution in [1.82, 2.24) is 4.98 Å². The molecule has 1 N–H and O–H groups in total. The fourth-order valence-corrected chi connectivity index (χ4v) is 1.85. The highest BCUT2D eigenvalue weighted by atomic mass is 16.6. The Balaban J connectivity index is 2.14. The molecule has 17 heavy (non-hydrogen) atoms. The Morgan fingerprint density at radius 2 is 2.12 bits per heavy atom. The minimum absolute atomic E-state index is 0.170. The van der Waals surface area contributed by atoms with E-state index in [1.54, 1.807) is 0 Å². The molecule has 1 aliphatic rings. The molecule has 0 fully saturated rings. The summed E-state index contributed by atoms with van der Waals surface area (Å²) in [4.78, 5) is 3.95. The van der Waals surface area contributed by atoms with Gasteiger partial charge in [-0.2, -0.15) is 0 Å². The van der Waals surface area contributed by atoms with Gasteiger partial charge < -0.3 is 19.0 Å². The van der Waals surface area contributed by atoms with E-state index in [4.69, 9.17) is 13.9 Å². The Morgan fingerprint density at radius 3 is 3.00 bits per heavy atom. The van der Waals surface area contributed by atoms with E-state index in [9.17, 15) is 5.11 Å². The minimum atomic E-state index is -0.170. The molecular formula is C12H11NO4. The molecule has 0 aliphatic carbocycles. The third-order valence-electron chi connectivity index (χ3n) is 2.60. The first-order valence-electron chi connectivity index (χ1n) is 5.32. The van der Waals surface area contributed by atoms with Crippen LogP contribution in [0.5, 0.6) is 11.5 Å². The number of hydrogen-bond donors (Lipinski definition) is 1. The van der Waals surface area contributed by atoms with E-state index in [-0.39, 0.29) is 6.61 Å². The highest BCUT2D eigenvalue weighted by molar-refractivity contribution is 5.71. The van der Waals surface area contributed by atoms with Crippen LogP contribution in [0, 0.1) is 0 Å². The SMILES string of the molecule is OCc1ncoc1-c1cccc2c1OCCO2. The highest BCUT2D eigenvalue weighted by Crippen LogP contribution is 2.40. The van der Waals surface area contributed by atoms with E-state index in [1.165, 1.54) is 6.39 Å². The van der Waals surface area contributed by atoms with E-state index in [2.05, 4.69) is 4.98 Å². The lowest BCUT2D eigenvalue weighted by Gasteiger charge is -2.20. The number of aliphatic hydroxyl groups is 1. The first kappa shape index (κ1) is 10.2. The summed E-state index contributed by atoms with van der Waals surface area (Å²) in [6, 6.07) is 5.55. The lowest BCUT2D eigenvalue weighted by atomic mass is 10.1. The normalized spacial score (nSPS) is 13.7. The van der Waals surface area contributed by atoms with Crippen LogP contribution in [0.25, 0.3) is 11.3 Å². The quantitative estimate of drug-likeness (QED) is 0.853. The van der Waals surface area contributed by atoms with Crippen LogP contribution in [0.4, 0.5) is 0 Å². The third kappa shape index (κ3) is 1.64. The summed E-state index contributed by atoms with van der Waals surface area (Å²) in [7, 11) is 0. The van der Waals surface area contributed by atoms with Crippen molar-refractivity contribution in [2.24, 2.45) is 0 Å². The second-order valence-corrected chi connectivity index (χ2v) is 3.62. The number of para-hydroxylation sites is 1. The average Bonchev–Trinajstić information content (AvgIpc) is 2.86. The van der Waals surface area contributed by atoms with Crippen molar-refractivity contribution < 1.29 is 19.0 Å². The molecule has 0 spiro atoms. The number of nitrogens with zero attached hydrogens (tertiary/aromatic N) is 1. The molecule has 88 valence electrons. The number of oxazole rings is 1. The van der Waals surface area contributed by atoms with Gasteiger partial charge in [0.15, 0.2) is 23.7 Å². The van der Waals surface area contributed by atoms with Gasteiger partial charge in [0.25, 0.3) is 0 Å². The van der Waals surface area contributed by atoms with Crippen LogP contribution < -0.4 is 9.47 Å². The van der Waals surface area contributed by atoms with Crippen molar-refractivity contribution in [2.45, 2.75) is 6.61 Å². The molecule has 0 bridgehead atoms. The van der Waals surface area contributed by atoms with Gasteiger partial charge in [-0.15, -0.1) is 0 Å². The average molecular weight is 233 g/mol. The standard InChI is InChI=1S/C12H11NO4/c14-6-9-11(17-7-13-9)8-2-1-3-10-12(8)16-5-4-15-10/h1-3,7,14H,4-6H2. The Bertz CT molecular complexity index is 535. The monoisotopic (exact) mass is 233 g/mol. The molecule has 0 amide bonds. The maximum absolute atomic E-state index is 9.18. The largest absolute Gasteiger partial charge is 0.486 e. The molecule has 1 aromatic carbocycles. The maximum atomic E-state index is 9.18. The summed E-state index contributed by atoms with van der Waals surface area (Å²) in [6.07, 6.45) is 1.31. The highest BCUT2D eigenvalue weighted by Gasteiger charge is 2.20. The van der Waals surface area contributed by atoms with Crippen molar-refractivity contribution in [3.63, 3.8) is 0 Å². The van der Waals surface area contributed by atoms with E-state index in [0.29, 0.717) is 36.2 Å². The van der Waals surface area contributed by atoms with Crippen molar-refractivity contribution >= 4 is 0 Å². The molecule has 0 radical (unpaired) electrons. The topological polar surface area (TPSA) is 64.7 Å². The summed E-state index contributed by atoms with van der Waals surface area (Å²) in [5.41, 5.74) is 1.25. The second-order valence-electron chi connectivity index (χ2n) is 3.62. The van der Waals surface area contributed by atoms with Crippen LogP contribution in [-0.2, 0) is 6.61 Å². The van der Waals surface area contributed by atoms with Gasteiger partial charge in [0.2, 0.25) is 0 Å². The number of ether oxygens (including phenoxy) is 2. The molecule has 0 atom stereocenters. The molecule has 1 aliphatic heterocycles. The van der Waals surface area contributed by atoms with Gasteiger partial charge in [-0.3, -0.25) is 0 Å². The van der Waals surface area contributed by atoms with E-state index in [1.807, 2.05) is 18.2 Å². The predicted molar refractivity (Wildman–Crippen MR) is 58.9 cm³/mol. The summed E-state index contributed by atoms with van der Waals surface area (Å²) < 4.78 is 16.4. The van der Waals surface area contributed by atoms with Crippen LogP contribution in [0.15, 0.2) is 29.0 Å². The molecular weight excluding hydrogens is 222 g/mol. The van der Waals surface area contributed by atoms with Gasteiger partial charge in [-0.1, -0.05) is 6.07 Å². The number of hydrogen-bond acceptors (Lipinski definition) is 5. The van der Waals surface area contributed by atoms with Crippen LogP contribution in [0.3, 0.4) is 0 Å². The number of aromatic nitrogens is 1. The zero-order chi connectivity index (χ0) is 11.7. The van der Waals surface area contributed by atoms with E-state index < -0.39 is 0 Å². The van der Waals surface area contributed by atoms with Crippen LogP contribution in [0.1, 0.15) is 5.69 Å². The summed E-state index contributed by atoms with van der Waals surface area (Å²) in [5, 5.41) is 9.18. The van der Waals surface area contributed by atoms with E-state index in [0.717, 1.165) is 5.56 Å². The number of benzene rings is 1. The molecule has 3 rings (SSSR count). The van der Waals surface area contributed by atoms with Crippen molar-refractivity contribution in [1.29, 1.82) is 0 Å². The van der Waals surface area contributed by atoms with Gasteiger partial charge >= 0.3 is 0 Å². The Morgan fingerprint density at radius 1 is 1.24 bits per heavy atom. The Kier molecular flexibility index (Phi) is 2.45. The summed E-state index contributed by atoms with van der Waals surface area (Å²) >= 11 is 0. The first-order valence-corrected chi connectivity index (χ1v) is 5.32. The summed E-state index contributed by atoms with van der Waals surface area (Å²) in [6.45, 7) is 0.878. The maximum Gasteiger partial charge on any atom is 0.181 e. The number of rotatable bonds is 2. The molecule has 5 heteroatoms. The van der Waals surface area contributed by atoms with Crippen LogP contribution in [-0.4, -0.2) is 23.3 Å². The number of fused-ring (bicyclic) bond motifs is 1. The zero-order valence-corrected chi connectivity index (χ0v) is 9.05. The minimum Gasteiger partial charge on any atom is -0.486 e. The Labute approximate surface area is 97.6 Å². The molecule has 0 unspecified atom stereocenters. The van der Waals surface area contributed by atoms with Crippen LogP contribution in [0.2, 0.25) is 0 Å². The molecule has 0 saturated carbocycles. The van der Waals surface area contributed by atoms with Gasteiger partial charge in [-0.25, -0.2) is 4.98 Å². The van der Waals surface area contributed by atoms with Crippen molar-refractivity contribution in [3.05, 3.63) is 30.3 Å². The fourth-order valence-electron chi connectivity index (χ4n) is 1.85. The molecule has 0 saturated heterocycles. The molecule has 2 heterocycles. The second kappa shape index (κ2) is 4.10. The first-order chi connectivity index (χ1) is 8.40. The van der Waals surface area contributed by atoms with Gasteiger partial charge in [-0.05, 0) is 12.1 Å². The molecule has 2 aromatic rings. The zero-order valence-electron chi connectivity index (χ0n) is 9.05. The smallest absolute Gasteiger partial charge is 0.181 e. The molecule has 1 aromatic heterocycles. The fraction of sp³-hybridized carbons (Fsp3) is 0.250. The van der Waals surface area contributed by atoms with Gasteiger partial charge in [0.1, 0.15) is 18.9 Å². The lowest BCUT2D eigenvalue weighted by molar-refractivity contribution is 0.172. The van der Waals surface area contributed by atoms with Crippen molar-refractivity contribution in [2.75, 3.05) is 13.2 Å². The summed E-state index contributed by atoms with van der Waals surface area (Å²) in [5.74, 6) is 1.86. The van der Waals surface area contributed by atoms with Gasteiger partial charge in [0, 0.05) is 0 Å². The third-order valence-corrected chi connectivity index (χ3v) is 2.60. The van der Waals surface area contributed by atoms with Crippen molar-refractivity contribution in [3.8, 4) is 22.8 Å². The molecule has 5 nitrogen and oxygen atoms in total. The van der Waals surface area contributed by atoms with E-state index >= 15 is 0 Å².